The van der Waals surface area contributed by atoms with E-state index < -0.39 is 0 Å². The molecule has 0 saturated heterocycles. The van der Waals surface area contributed by atoms with Gasteiger partial charge >= 0.3 is 0 Å². The van der Waals surface area contributed by atoms with E-state index in [-0.39, 0.29) is 0 Å². The van der Waals surface area contributed by atoms with E-state index in [1.54, 1.807) is 0 Å². The van der Waals surface area contributed by atoms with Gasteiger partial charge in [-0.05, 0) is 38.1 Å². The van der Waals surface area contributed by atoms with Gasteiger partial charge in [0.05, 0.1) is 17.1 Å². The first-order valence-corrected chi connectivity index (χ1v) is 9.27. The van der Waals surface area contributed by atoms with Crippen LogP contribution < -0.4 is 0 Å². The molecule has 3 aromatic carbocycles. The Bertz CT molecular complexity index is 1260. The zero-order valence-electron chi connectivity index (χ0n) is 15.4. The standard InChI is InChI=1S/C23H20N4/c1-3-26-21-12-8-7-11-19(21)20-15-18(13-14-22(20)26)27-23(16(2)24-25-27)17-9-5-4-6-10-17/h4-15H,3H2,1-2H3. The zero-order chi connectivity index (χ0) is 18.4. The Balaban J connectivity index is 1.78. The minimum Gasteiger partial charge on any atom is -0.341 e. The molecule has 0 spiro atoms. The van der Waals surface area contributed by atoms with Crippen LogP contribution in [0.25, 0.3) is 38.8 Å². The van der Waals surface area contributed by atoms with E-state index in [2.05, 4.69) is 76.4 Å². The molecule has 132 valence electrons. The summed E-state index contributed by atoms with van der Waals surface area (Å²) in [6.45, 7) is 5.14. The van der Waals surface area contributed by atoms with Crippen LogP contribution in [0.3, 0.4) is 0 Å². The lowest BCUT2D eigenvalue weighted by molar-refractivity contribution is 0.804. The van der Waals surface area contributed by atoms with E-state index in [0.717, 1.165) is 29.2 Å². The summed E-state index contributed by atoms with van der Waals surface area (Å²) in [5, 5.41) is 11.3. The molecule has 0 aliphatic carbocycles. The lowest BCUT2D eigenvalue weighted by Crippen LogP contribution is -2.00. The smallest absolute Gasteiger partial charge is 0.0973 e. The summed E-state index contributed by atoms with van der Waals surface area (Å²) in [5.41, 5.74) is 6.63. The van der Waals surface area contributed by atoms with Crippen LogP contribution in [-0.4, -0.2) is 19.6 Å². The van der Waals surface area contributed by atoms with Crippen molar-refractivity contribution in [3.63, 3.8) is 0 Å². The maximum atomic E-state index is 4.44. The summed E-state index contributed by atoms with van der Waals surface area (Å²) in [6.07, 6.45) is 0. The maximum Gasteiger partial charge on any atom is 0.0973 e. The van der Waals surface area contributed by atoms with Crippen LogP contribution in [0.5, 0.6) is 0 Å². The summed E-state index contributed by atoms with van der Waals surface area (Å²) >= 11 is 0. The number of nitrogens with zero attached hydrogens (tertiary/aromatic N) is 4. The van der Waals surface area contributed by atoms with Gasteiger partial charge in [0.15, 0.2) is 0 Å². The van der Waals surface area contributed by atoms with Gasteiger partial charge in [-0.25, -0.2) is 4.68 Å². The van der Waals surface area contributed by atoms with E-state index >= 15 is 0 Å². The summed E-state index contributed by atoms with van der Waals surface area (Å²) < 4.78 is 4.31. The highest BCUT2D eigenvalue weighted by Crippen LogP contribution is 2.32. The van der Waals surface area contributed by atoms with Gasteiger partial charge < -0.3 is 4.57 Å². The minimum absolute atomic E-state index is 0.928. The van der Waals surface area contributed by atoms with Crippen molar-refractivity contribution in [2.75, 3.05) is 0 Å². The number of rotatable bonds is 3. The van der Waals surface area contributed by atoms with Crippen LogP contribution in [-0.2, 0) is 6.54 Å². The lowest BCUT2D eigenvalue weighted by Gasteiger charge is -2.08. The van der Waals surface area contributed by atoms with Gasteiger partial charge in [-0.15, -0.1) is 5.10 Å². The van der Waals surface area contributed by atoms with Crippen LogP contribution in [0.2, 0.25) is 0 Å². The summed E-state index contributed by atoms with van der Waals surface area (Å²) in [7, 11) is 0. The van der Waals surface area contributed by atoms with Crippen LogP contribution in [0.4, 0.5) is 0 Å². The first kappa shape index (κ1) is 15.8. The van der Waals surface area contributed by atoms with E-state index in [4.69, 9.17) is 0 Å². The molecule has 2 aromatic heterocycles. The third-order valence-electron chi connectivity index (χ3n) is 5.20. The Morgan fingerprint density at radius 3 is 2.37 bits per heavy atom. The molecule has 4 heteroatoms. The van der Waals surface area contributed by atoms with Gasteiger partial charge in [0.1, 0.15) is 0 Å². The Morgan fingerprint density at radius 2 is 1.56 bits per heavy atom. The van der Waals surface area contributed by atoms with Crippen LogP contribution in [0, 0.1) is 6.92 Å². The monoisotopic (exact) mass is 352 g/mol. The van der Waals surface area contributed by atoms with Crippen molar-refractivity contribution in [1.82, 2.24) is 19.6 Å². The SMILES string of the molecule is CCn1c2ccccc2c2cc(-n3nnc(C)c3-c3ccccc3)ccc21. The molecule has 0 N–H and O–H groups in total. The van der Waals surface area contributed by atoms with Crippen molar-refractivity contribution < 1.29 is 0 Å². The van der Waals surface area contributed by atoms with Crippen molar-refractivity contribution in [3.05, 3.63) is 78.5 Å². The molecular formula is C23H20N4. The molecule has 0 bridgehead atoms. The molecule has 5 rings (SSSR count). The fourth-order valence-corrected chi connectivity index (χ4v) is 3.98. The van der Waals surface area contributed by atoms with E-state index in [1.807, 2.05) is 29.8 Å². The van der Waals surface area contributed by atoms with Crippen LogP contribution in [0.1, 0.15) is 12.6 Å². The Morgan fingerprint density at radius 1 is 0.815 bits per heavy atom. The second-order valence-electron chi connectivity index (χ2n) is 6.76. The quantitative estimate of drug-likeness (QED) is 0.437. The van der Waals surface area contributed by atoms with Gasteiger partial charge in [0, 0.05) is 33.9 Å². The zero-order valence-corrected chi connectivity index (χ0v) is 15.4. The number of aromatic nitrogens is 4. The second-order valence-corrected chi connectivity index (χ2v) is 6.76. The molecule has 0 unspecified atom stereocenters. The van der Waals surface area contributed by atoms with E-state index in [1.165, 1.54) is 21.8 Å². The normalized spacial score (nSPS) is 11.5. The van der Waals surface area contributed by atoms with Crippen LogP contribution in [0.15, 0.2) is 72.8 Å². The van der Waals surface area contributed by atoms with Gasteiger partial charge in [0.2, 0.25) is 0 Å². The first-order chi connectivity index (χ1) is 13.3. The first-order valence-electron chi connectivity index (χ1n) is 9.27. The van der Waals surface area contributed by atoms with Gasteiger partial charge in [-0.3, -0.25) is 0 Å². The molecule has 0 fully saturated rings. The van der Waals surface area contributed by atoms with E-state index in [9.17, 15) is 0 Å². The molecular weight excluding hydrogens is 332 g/mol. The third-order valence-corrected chi connectivity index (χ3v) is 5.20. The summed E-state index contributed by atoms with van der Waals surface area (Å²) in [5.74, 6) is 0. The predicted molar refractivity (Wildman–Crippen MR) is 110 cm³/mol. The predicted octanol–water partition coefficient (Wildman–Crippen LogP) is 5.37. The molecule has 0 amide bonds. The van der Waals surface area contributed by atoms with Crippen molar-refractivity contribution in [3.8, 4) is 16.9 Å². The van der Waals surface area contributed by atoms with Gasteiger partial charge in [-0.1, -0.05) is 53.7 Å². The van der Waals surface area contributed by atoms with Crippen LogP contribution >= 0.6 is 0 Å². The number of para-hydroxylation sites is 1. The topological polar surface area (TPSA) is 35.6 Å². The van der Waals surface area contributed by atoms with Crippen molar-refractivity contribution in [1.29, 1.82) is 0 Å². The van der Waals surface area contributed by atoms with Gasteiger partial charge in [0.25, 0.3) is 0 Å². The molecule has 4 nitrogen and oxygen atoms in total. The van der Waals surface area contributed by atoms with E-state index in [0.29, 0.717) is 0 Å². The average Bonchev–Trinajstić information content (AvgIpc) is 3.26. The fraction of sp³-hybridized carbons (Fsp3) is 0.130. The molecule has 2 heterocycles. The Hall–Kier alpha value is -3.40. The number of hydrogen-bond donors (Lipinski definition) is 0. The number of fused-ring (bicyclic) bond motifs is 3. The number of hydrogen-bond acceptors (Lipinski definition) is 2. The number of benzene rings is 3. The third kappa shape index (κ3) is 2.37. The maximum absolute atomic E-state index is 4.44. The lowest BCUT2D eigenvalue weighted by atomic mass is 10.1. The van der Waals surface area contributed by atoms with Crippen molar-refractivity contribution in [2.24, 2.45) is 0 Å². The molecule has 0 radical (unpaired) electrons. The second kappa shape index (κ2) is 6.09. The Labute approximate surface area is 157 Å². The van der Waals surface area contributed by atoms with Gasteiger partial charge in [-0.2, -0.15) is 0 Å². The molecule has 5 aromatic rings. The average molecular weight is 352 g/mol. The highest BCUT2D eigenvalue weighted by molar-refractivity contribution is 6.08. The molecule has 27 heavy (non-hydrogen) atoms. The molecule has 0 aliphatic rings. The molecule has 0 atom stereocenters. The van der Waals surface area contributed by atoms with Crippen molar-refractivity contribution >= 4 is 21.8 Å². The minimum atomic E-state index is 0.928. The molecule has 0 saturated carbocycles. The molecule has 0 aliphatic heterocycles. The summed E-state index contributed by atoms with van der Waals surface area (Å²) in [6, 6.07) is 25.5. The highest BCUT2D eigenvalue weighted by atomic mass is 15.4. The largest absolute Gasteiger partial charge is 0.341 e. The summed E-state index contributed by atoms with van der Waals surface area (Å²) in [4.78, 5) is 0. The van der Waals surface area contributed by atoms with Crippen molar-refractivity contribution in [2.45, 2.75) is 20.4 Å². The Kier molecular flexibility index (Phi) is 3.57. The highest BCUT2D eigenvalue weighted by Gasteiger charge is 2.15. The number of aryl methyl sites for hydroxylation is 2. The fourth-order valence-electron chi connectivity index (χ4n) is 3.98.